The van der Waals surface area contributed by atoms with Crippen LogP contribution in [-0.2, 0) is 17.7 Å². The molecule has 3 rings (SSSR count). The Morgan fingerprint density at radius 2 is 2.25 bits per heavy atom. The summed E-state index contributed by atoms with van der Waals surface area (Å²) < 4.78 is 10.2. The van der Waals surface area contributed by atoms with Crippen LogP contribution in [0.4, 0.5) is 5.95 Å². The number of likely N-dealkylation sites (tertiary alicyclic amines) is 1. The Labute approximate surface area is 140 Å². The van der Waals surface area contributed by atoms with Gasteiger partial charge in [0.15, 0.2) is 5.82 Å². The number of aromatic nitrogens is 4. The van der Waals surface area contributed by atoms with Crippen molar-refractivity contribution < 1.29 is 14.4 Å². The fourth-order valence-electron chi connectivity index (χ4n) is 2.69. The number of hydrogen-bond donors (Lipinski definition) is 2. The Hall–Kier alpha value is -2.10. The fraction of sp³-hybridized carbons (Fsp3) is 0.600. The van der Waals surface area contributed by atoms with Crippen molar-refractivity contribution in [2.45, 2.75) is 31.5 Å². The van der Waals surface area contributed by atoms with E-state index in [0.717, 1.165) is 13.0 Å². The maximum atomic E-state index is 10.4. The van der Waals surface area contributed by atoms with E-state index >= 15 is 0 Å². The van der Waals surface area contributed by atoms with Gasteiger partial charge in [-0.1, -0.05) is 5.16 Å². The monoisotopic (exact) mass is 334 g/mol. The van der Waals surface area contributed by atoms with Crippen LogP contribution in [0.3, 0.4) is 0 Å². The highest BCUT2D eigenvalue weighted by molar-refractivity contribution is 5.25. The SMILES string of the molecule is COCCc1noc(CN2CC[C@@H](Nc3ncccn3)[C@H](O)C2)n1. The van der Waals surface area contributed by atoms with Crippen molar-refractivity contribution in [1.82, 2.24) is 25.0 Å². The Morgan fingerprint density at radius 3 is 3.00 bits per heavy atom. The minimum absolute atomic E-state index is 0.0661. The number of nitrogens with one attached hydrogen (secondary N) is 1. The molecule has 9 nitrogen and oxygen atoms in total. The molecule has 3 heterocycles. The van der Waals surface area contributed by atoms with E-state index in [9.17, 15) is 5.11 Å². The van der Waals surface area contributed by atoms with Crippen molar-refractivity contribution >= 4 is 5.95 Å². The summed E-state index contributed by atoms with van der Waals surface area (Å²) in [6.45, 7) is 2.44. The molecule has 0 aromatic carbocycles. The zero-order valence-corrected chi connectivity index (χ0v) is 13.6. The third-order valence-electron chi connectivity index (χ3n) is 3.95. The molecule has 1 aliphatic rings. The van der Waals surface area contributed by atoms with Gasteiger partial charge in [-0.05, 0) is 12.5 Å². The van der Waals surface area contributed by atoms with Crippen molar-refractivity contribution in [2.24, 2.45) is 0 Å². The molecule has 2 atom stereocenters. The van der Waals surface area contributed by atoms with Crippen LogP contribution in [-0.4, -0.2) is 69.1 Å². The summed E-state index contributed by atoms with van der Waals surface area (Å²) >= 11 is 0. The van der Waals surface area contributed by atoms with Crippen molar-refractivity contribution in [3.05, 3.63) is 30.2 Å². The van der Waals surface area contributed by atoms with Crippen LogP contribution in [0, 0.1) is 0 Å². The van der Waals surface area contributed by atoms with E-state index < -0.39 is 6.10 Å². The van der Waals surface area contributed by atoms with E-state index in [1.165, 1.54) is 0 Å². The van der Waals surface area contributed by atoms with Crippen molar-refractivity contribution in [2.75, 3.05) is 32.1 Å². The molecule has 1 aliphatic heterocycles. The second-order valence-electron chi connectivity index (χ2n) is 5.76. The largest absolute Gasteiger partial charge is 0.390 e. The summed E-state index contributed by atoms with van der Waals surface area (Å²) in [6, 6.07) is 1.69. The average Bonchev–Trinajstić information content (AvgIpc) is 3.04. The number of rotatable bonds is 7. The molecule has 0 amide bonds. The molecule has 0 aliphatic carbocycles. The van der Waals surface area contributed by atoms with Gasteiger partial charge in [0.05, 0.1) is 25.3 Å². The summed E-state index contributed by atoms with van der Waals surface area (Å²) in [7, 11) is 1.64. The molecule has 0 radical (unpaired) electrons. The number of hydrogen-bond acceptors (Lipinski definition) is 9. The van der Waals surface area contributed by atoms with Crippen molar-refractivity contribution in [1.29, 1.82) is 0 Å². The standard InChI is InChI=1S/C15H22N6O3/c1-23-8-4-13-19-14(24-20-13)10-21-7-3-11(12(22)9-21)18-15-16-5-2-6-17-15/h2,5-6,11-12,22H,3-4,7-10H2,1H3,(H,16,17,18)/t11-,12-/m1/s1. The second kappa shape index (κ2) is 8.13. The lowest BCUT2D eigenvalue weighted by molar-refractivity contribution is 0.0509. The molecule has 9 heteroatoms. The van der Waals surface area contributed by atoms with Crippen molar-refractivity contribution in [3.63, 3.8) is 0 Å². The molecule has 2 aromatic rings. The first-order valence-electron chi connectivity index (χ1n) is 7.99. The molecule has 130 valence electrons. The van der Waals surface area contributed by atoms with E-state index in [0.29, 0.717) is 43.8 Å². The molecule has 2 N–H and O–H groups in total. The molecule has 24 heavy (non-hydrogen) atoms. The van der Waals surface area contributed by atoms with Gasteiger partial charge >= 0.3 is 0 Å². The first-order chi connectivity index (χ1) is 11.7. The fourth-order valence-corrected chi connectivity index (χ4v) is 2.69. The first kappa shape index (κ1) is 16.7. The van der Waals surface area contributed by atoms with Gasteiger partial charge in [-0.15, -0.1) is 0 Å². The van der Waals surface area contributed by atoms with E-state index in [1.54, 1.807) is 25.6 Å². The molecule has 0 spiro atoms. The minimum Gasteiger partial charge on any atom is -0.390 e. The Kier molecular flexibility index (Phi) is 5.68. The zero-order chi connectivity index (χ0) is 16.8. The number of nitrogens with zero attached hydrogens (tertiary/aromatic N) is 5. The quantitative estimate of drug-likeness (QED) is 0.728. The summed E-state index contributed by atoms with van der Waals surface area (Å²) in [5.74, 6) is 1.74. The van der Waals surface area contributed by atoms with Crippen LogP contribution in [0.5, 0.6) is 0 Å². The van der Waals surface area contributed by atoms with Gasteiger partial charge < -0.3 is 19.7 Å². The number of aliphatic hydroxyl groups is 1. The number of anilines is 1. The molecule has 0 bridgehead atoms. The van der Waals surface area contributed by atoms with Gasteiger partial charge in [0.25, 0.3) is 0 Å². The maximum absolute atomic E-state index is 10.4. The lowest BCUT2D eigenvalue weighted by atomic mass is 10.0. The molecular formula is C15H22N6O3. The second-order valence-corrected chi connectivity index (χ2v) is 5.76. The molecule has 1 saturated heterocycles. The van der Waals surface area contributed by atoms with Crippen LogP contribution in [0.1, 0.15) is 18.1 Å². The van der Waals surface area contributed by atoms with Gasteiger partial charge in [0.1, 0.15) is 0 Å². The Morgan fingerprint density at radius 1 is 1.42 bits per heavy atom. The minimum atomic E-state index is -0.515. The predicted octanol–water partition coefficient (Wildman–Crippen LogP) is 0.0958. The summed E-state index contributed by atoms with van der Waals surface area (Å²) in [4.78, 5) is 14.7. The number of β-amino-alcohol motifs (C(OH)–C–C–N with tert-alkyl or cyclic N) is 1. The van der Waals surface area contributed by atoms with Crippen LogP contribution in [0.2, 0.25) is 0 Å². The molecule has 0 unspecified atom stereocenters. The summed E-state index contributed by atoms with van der Waals surface area (Å²) in [6.07, 6.45) is 4.25. The van der Waals surface area contributed by atoms with E-state index in [-0.39, 0.29) is 6.04 Å². The highest BCUT2D eigenvalue weighted by Gasteiger charge is 2.29. The number of methoxy groups -OCH3 is 1. The molecule has 1 fully saturated rings. The third kappa shape index (κ3) is 4.47. The smallest absolute Gasteiger partial charge is 0.240 e. The lowest BCUT2D eigenvalue weighted by Crippen LogP contribution is -2.49. The Balaban J connectivity index is 1.49. The first-order valence-corrected chi connectivity index (χ1v) is 7.99. The number of ether oxygens (including phenoxy) is 1. The summed E-state index contributed by atoms with van der Waals surface area (Å²) in [5, 5.41) is 17.5. The number of aliphatic hydroxyl groups excluding tert-OH is 1. The van der Waals surface area contributed by atoms with E-state index in [2.05, 4.69) is 30.3 Å². The van der Waals surface area contributed by atoms with Gasteiger partial charge in [0.2, 0.25) is 11.8 Å². The highest BCUT2D eigenvalue weighted by Crippen LogP contribution is 2.16. The molecule has 2 aromatic heterocycles. The van der Waals surface area contributed by atoms with Crippen LogP contribution >= 0.6 is 0 Å². The predicted molar refractivity (Wildman–Crippen MR) is 85.2 cm³/mol. The van der Waals surface area contributed by atoms with E-state index in [4.69, 9.17) is 9.26 Å². The third-order valence-corrected chi connectivity index (χ3v) is 3.95. The highest BCUT2D eigenvalue weighted by atomic mass is 16.5. The zero-order valence-electron chi connectivity index (χ0n) is 13.6. The normalized spacial score (nSPS) is 21.8. The van der Waals surface area contributed by atoms with Crippen LogP contribution in [0.25, 0.3) is 0 Å². The topological polar surface area (TPSA) is 109 Å². The molecule has 0 saturated carbocycles. The van der Waals surface area contributed by atoms with Gasteiger partial charge in [-0.2, -0.15) is 4.98 Å². The summed E-state index contributed by atoms with van der Waals surface area (Å²) in [5.41, 5.74) is 0. The Bertz CT molecular complexity index is 623. The van der Waals surface area contributed by atoms with Crippen LogP contribution < -0.4 is 5.32 Å². The lowest BCUT2D eigenvalue weighted by Gasteiger charge is -2.35. The maximum Gasteiger partial charge on any atom is 0.240 e. The molecular weight excluding hydrogens is 312 g/mol. The van der Waals surface area contributed by atoms with Gasteiger partial charge in [0, 0.05) is 39.0 Å². The van der Waals surface area contributed by atoms with Crippen LogP contribution in [0.15, 0.2) is 23.0 Å². The average molecular weight is 334 g/mol. The van der Waals surface area contributed by atoms with Gasteiger partial charge in [-0.3, -0.25) is 4.90 Å². The number of piperidine rings is 1. The van der Waals surface area contributed by atoms with E-state index in [1.807, 2.05) is 0 Å². The van der Waals surface area contributed by atoms with Gasteiger partial charge in [-0.25, -0.2) is 9.97 Å². The van der Waals surface area contributed by atoms with Crippen molar-refractivity contribution in [3.8, 4) is 0 Å².